The number of carbonyl (C=O) groups is 2. The number of rotatable bonds is 7. The third-order valence-corrected chi connectivity index (χ3v) is 3.69. The van der Waals surface area contributed by atoms with Crippen molar-refractivity contribution in [2.45, 2.75) is 38.7 Å². The molecule has 0 aromatic heterocycles. The van der Waals surface area contributed by atoms with E-state index in [1.165, 1.54) is 0 Å². The van der Waals surface area contributed by atoms with Crippen LogP contribution in [0.25, 0.3) is 0 Å². The van der Waals surface area contributed by atoms with Gasteiger partial charge in [0.1, 0.15) is 0 Å². The number of hydrogen-bond donors (Lipinski definition) is 2. The largest absolute Gasteiger partial charge is 0.380 e. The Hall–Kier alpha value is -1.14. The molecule has 1 heterocycles. The monoisotopic (exact) mass is 285 g/mol. The van der Waals surface area contributed by atoms with Gasteiger partial charge in [-0.05, 0) is 19.3 Å². The van der Waals surface area contributed by atoms with E-state index in [4.69, 9.17) is 10.5 Å². The quantitative estimate of drug-likeness (QED) is 0.695. The van der Waals surface area contributed by atoms with Gasteiger partial charge in [-0.15, -0.1) is 0 Å². The van der Waals surface area contributed by atoms with Gasteiger partial charge >= 0.3 is 0 Å². The molecule has 2 amide bonds. The van der Waals surface area contributed by atoms with E-state index in [9.17, 15) is 9.59 Å². The zero-order valence-corrected chi connectivity index (χ0v) is 12.6. The molecule has 1 saturated heterocycles. The van der Waals surface area contributed by atoms with E-state index in [-0.39, 0.29) is 30.3 Å². The van der Waals surface area contributed by atoms with E-state index >= 15 is 0 Å². The molecule has 6 heteroatoms. The van der Waals surface area contributed by atoms with Crippen molar-refractivity contribution in [3.05, 3.63) is 0 Å². The van der Waals surface area contributed by atoms with Gasteiger partial charge < -0.3 is 20.7 Å². The van der Waals surface area contributed by atoms with Crippen LogP contribution in [-0.4, -0.2) is 56.1 Å². The predicted octanol–water partition coefficient (Wildman–Crippen LogP) is 0.115. The topological polar surface area (TPSA) is 84.7 Å². The molecule has 0 aliphatic carbocycles. The third kappa shape index (κ3) is 5.09. The van der Waals surface area contributed by atoms with Crippen molar-refractivity contribution in [2.24, 2.45) is 11.7 Å². The van der Waals surface area contributed by atoms with Crippen molar-refractivity contribution in [1.29, 1.82) is 0 Å². The fourth-order valence-corrected chi connectivity index (χ4v) is 2.40. The Balaban J connectivity index is 2.47. The maximum Gasteiger partial charge on any atom is 0.225 e. The summed E-state index contributed by atoms with van der Waals surface area (Å²) in [6, 6.07) is 0. The highest BCUT2D eigenvalue weighted by Crippen LogP contribution is 2.18. The molecule has 2 atom stereocenters. The summed E-state index contributed by atoms with van der Waals surface area (Å²) in [5.41, 5.74) is 5.53. The van der Waals surface area contributed by atoms with Gasteiger partial charge in [-0.1, -0.05) is 6.92 Å². The molecular formula is C14H27N3O3. The summed E-state index contributed by atoms with van der Waals surface area (Å²) in [4.78, 5) is 25.9. The minimum absolute atomic E-state index is 0.0234. The predicted molar refractivity (Wildman–Crippen MR) is 77.1 cm³/mol. The first-order valence-electron chi connectivity index (χ1n) is 7.40. The number of amides is 2. The minimum Gasteiger partial charge on any atom is -0.380 e. The molecule has 1 aliphatic rings. The first-order valence-corrected chi connectivity index (χ1v) is 7.40. The lowest BCUT2D eigenvalue weighted by Crippen LogP contribution is -2.46. The molecule has 0 saturated carbocycles. The summed E-state index contributed by atoms with van der Waals surface area (Å²) in [6.07, 6.45) is 2.70. The van der Waals surface area contributed by atoms with Crippen LogP contribution in [0, 0.1) is 5.92 Å². The molecule has 3 N–H and O–H groups in total. The number of hydrogen-bond acceptors (Lipinski definition) is 4. The van der Waals surface area contributed by atoms with Crippen molar-refractivity contribution in [1.82, 2.24) is 10.2 Å². The number of likely N-dealkylation sites (tertiary alicyclic amines) is 1. The van der Waals surface area contributed by atoms with E-state index in [0.29, 0.717) is 19.6 Å². The summed E-state index contributed by atoms with van der Waals surface area (Å²) < 4.78 is 5.14. The molecule has 0 aromatic rings. The van der Waals surface area contributed by atoms with E-state index in [1.807, 2.05) is 6.92 Å². The van der Waals surface area contributed by atoms with Crippen LogP contribution >= 0.6 is 0 Å². The molecule has 0 aromatic carbocycles. The summed E-state index contributed by atoms with van der Waals surface area (Å²) >= 11 is 0. The number of nitrogens with zero attached hydrogens (tertiary/aromatic N) is 1. The van der Waals surface area contributed by atoms with Crippen LogP contribution in [0.1, 0.15) is 32.6 Å². The van der Waals surface area contributed by atoms with Crippen LogP contribution in [-0.2, 0) is 14.3 Å². The van der Waals surface area contributed by atoms with Gasteiger partial charge in [0.25, 0.3) is 0 Å². The Morgan fingerprint density at radius 3 is 2.85 bits per heavy atom. The second-order valence-electron chi connectivity index (χ2n) is 5.27. The first kappa shape index (κ1) is 16.9. The normalized spacial score (nSPS) is 20.6. The standard InChI is InChI=1S/C14H27N3O3/c1-3-6-16-14(19)11-5-4-7-17(10-11)13(18)8-12(9-15)20-2/h11-12H,3-10,15H2,1-2H3,(H,16,19). The molecule has 1 fully saturated rings. The smallest absolute Gasteiger partial charge is 0.225 e. The molecule has 0 spiro atoms. The highest BCUT2D eigenvalue weighted by Gasteiger charge is 2.28. The number of piperidine rings is 1. The highest BCUT2D eigenvalue weighted by molar-refractivity contribution is 5.81. The zero-order valence-electron chi connectivity index (χ0n) is 12.6. The van der Waals surface area contributed by atoms with Gasteiger partial charge in [0.05, 0.1) is 18.4 Å². The van der Waals surface area contributed by atoms with Crippen molar-refractivity contribution >= 4 is 11.8 Å². The molecule has 1 aliphatic heterocycles. The molecule has 0 bridgehead atoms. The van der Waals surface area contributed by atoms with Gasteiger partial charge in [-0.2, -0.15) is 0 Å². The maximum atomic E-state index is 12.2. The average Bonchev–Trinajstić information content (AvgIpc) is 2.50. The fraction of sp³-hybridized carbons (Fsp3) is 0.857. The van der Waals surface area contributed by atoms with Gasteiger partial charge in [0.2, 0.25) is 11.8 Å². The lowest BCUT2D eigenvalue weighted by Gasteiger charge is -2.32. The van der Waals surface area contributed by atoms with E-state index in [0.717, 1.165) is 25.8 Å². The summed E-state index contributed by atoms with van der Waals surface area (Å²) in [7, 11) is 1.56. The number of nitrogens with one attached hydrogen (secondary N) is 1. The summed E-state index contributed by atoms with van der Waals surface area (Å²) in [6.45, 7) is 4.28. The van der Waals surface area contributed by atoms with Crippen LogP contribution in [0.15, 0.2) is 0 Å². The Morgan fingerprint density at radius 2 is 2.25 bits per heavy atom. The third-order valence-electron chi connectivity index (χ3n) is 3.69. The number of carbonyl (C=O) groups excluding carboxylic acids is 2. The average molecular weight is 285 g/mol. The SMILES string of the molecule is CCCNC(=O)C1CCCN(C(=O)CC(CN)OC)C1. The van der Waals surface area contributed by atoms with Crippen LogP contribution < -0.4 is 11.1 Å². The van der Waals surface area contributed by atoms with Crippen molar-refractivity contribution < 1.29 is 14.3 Å². The molecule has 0 radical (unpaired) electrons. The molecule has 20 heavy (non-hydrogen) atoms. The van der Waals surface area contributed by atoms with Crippen molar-refractivity contribution in [3.63, 3.8) is 0 Å². The minimum atomic E-state index is -0.239. The molecule has 6 nitrogen and oxygen atoms in total. The van der Waals surface area contributed by atoms with Gasteiger partial charge in [0, 0.05) is 33.3 Å². The van der Waals surface area contributed by atoms with E-state index in [1.54, 1.807) is 12.0 Å². The number of nitrogens with two attached hydrogens (primary N) is 1. The highest BCUT2D eigenvalue weighted by atomic mass is 16.5. The number of methoxy groups -OCH3 is 1. The van der Waals surface area contributed by atoms with Crippen LogP contribution in [0.4, 0.5) is 0 Å². The Bertz CT molecular complexity index is 319. The Kier molecular flexibility index (Phi) is 7.54. The summed E-state index contributed by atoms with van der Waals surface area (Å²) in [5.74, 6) is -0.000112. The van der Waals surface area contributed by atoms with E-state index < -0.39 is 0 Å². The second-order valence-corrected chi connectivity index (χ2v) is 5.27. The second kappa shape index (κ2) is 8.92. The van der Waals surface area contributed by atoms with E-state index in [2.05, 4.69) is 5.32 Å². The van der Waals surface area contributed by atoms with Gasteiger partial charge in [0.15, 0.2) is 0 Å². The molecule has 1 rings (SSSR count). The van der Waals surface area contributed by atoms with Crippen molar-refractivity contribution in [3.8, 4) is 0 Å². The lowest BCUT2D eigenvalue weighted by atomic mass is 9.96. The zero-order chi connectivity index (χ0) is 15.0. The Morgan fingerprint density at radius 1 is 1.50 bits per heavy atom. The maximum absolute atomic E-state index is 12.2. The summed E-state index contributed by atoms with van der Waals surface area (Å²) in [5, 5.41) is 2.90. The van der Waals surface area contributed by atoms with Gasteiger partial charge in [-0.25, -0.2) is 0 Å². The van der Waals surface area contributed by atoms with Crippen molar-refractivity contribution in [2.75, 3.05) is 33.3 Å². The molecular weight excluding hydrogens is 258 g/mol. The first-order chi connectivity index (χ1) is 9.62. The van der Waals surface area contributed by atoms with Crippen LogP contribution in [0.3, 0.4) is 0 Å². The Labute approximate surface area is 121 Å². The fourth-order valence-electron chi connectivity index (χ4n) is 2.40. The van der Waals surface area contributed by atoms with Crippen LogP contribution in [0.2, 0.25) is 0 Å². The number of ether oxygens (including phenoxy) is 1. The van der Waals surface area contributed by atoms with Gasteiger partial charge in [-0.3, -0.25) is 9.59 Å². The molecule has 116 valence electrons. The molecule has 2 unspecified atom stereocenters. The van der Waals surface area contributed by atoms with Crippen LogP contribution in [0.5, 0.6) is 0 Å². The lowest BCUT2D eigenvalue weighted by molar-refractivity contribution is -0.137.